The fourth-order valence-electron chi connectivity index (χ4n) is 7.27. The number of piperidine rings is 1. The summed E-state index contributed by atoms with van der Waals surface area (Å²) in [5, 5.41) is 0. The van der Waals surface area contributed by atoms with Crippen LogP contribution < -0.4 is 38.1 Å². The molecule has 1 fully saturated rings. The summed E-state index contributed by atoms with van der Waals surface area (Å²) in [6.45, 7) is 11.4. The molecule has 0 atom stereocenters. The number of ether oxygens (including phenoxy) is 7. The van der Waals surface area contributed by atoms with Gasteiger partial charge in [-0.1, -0.05) is 0 Å². The minimum absolute atomic E-state index is 0. The van der Waals surface area contributed by atoms with Gasteiger partial charge in [-0.3, -0.25) is 14.9 Å². The van der Waals surface area contributed by atoms with Crippen molar-refractivity contribution < 1.29 is 33.2 Å². The van der Waals surface area contributed by atoms with Crippen molar-refractivity contribution in [2.75, 3.05) is 53.5 Å². The van der Waals surface area contributed by atoms with E-state index in [0.717, 1.165) is 78.5 Å². The van der Waals surface area contributed by atoms with Gasteiger partial charge in [0.25, 0.3) is 0 Å². The Morgan fingerprint density at radius 3 is 1.43 bits per heavy atom. The van der Waals surface area contributed by atoms with Gasteiger partial charge in [-0.05, 0) is 124 Å². The number of methoxy groups -OCH3 is 5. The molecule has 0 spiro atoms. The lowest BCUT2D eigenvalue weighted by Crippen LogP contribution is -2.44. The number of benzene rings is 3. The molecule has 3 heterocycles. The Kier molecular flexibility index (Phi) is 19.2. The Morgan fingerprint density at radius 1 is 0.583 bits per heavy atom. The molecule has 1 saturated heterocycles. The fourth-order valence-corrected chi connectivity index (χ4v) is 7.27. The van der Waals surface area contributed by atoms with E-state index < -0.39 is 0 Å². The predicted octanol–water partition coefficient (Wildman–Crippen LogP) is 10.4. The number of pyridine rings is 2. The molecule has 60 heavy (non-hydrogen) atoms. The molecule has 0 saturated carbocycles. The third-order valence-corrected chi connectivity index (χ3v) is 10.0. The van der Waals surface area contributed by atoms with E-state index >= 15 is 0 Å². The maximum atomic E-state index is 6.05. The van der Waals surface area contributed by atoms with Gasteiger partial charge in [-0.2, -0.15) is 0 Å². The van der Waals surface area contributed by atoms with Crippen molar-refractivity contribution in [2.45, 2.75) is 71.9 Å². The molecular weight excluding hydrogens is 827 g/mol. The summed E-state index contributed by atoms with van der Waals surface area (Å²) in [5.41, 5.74) is 6.99. The number of halogens is 3. The molecule has 6 rings (SSSR count). The molecule has 3 aromatic carbocycles. The second-order valence-electron chi connectivity index (χ2n) is 14.7. The lowest BCUT2D eigenvalue weighted by molar-refractivity contribution is 0.201. The quantitative estimate of drug-likeness (QED) is 0.0893. The minimum atomic E-state index is -0.0336. The molecule has 1 aliphatic heterocycles. The topological polar surface area (TPSA) is 96.9 Å². The minimum Gasteiger partial charge on any atom is -0.497 e. The van der Waals surface area contributed by atoms with Crippen LogP contribution in [0.3, 0.4) is 0 Å². The van der Waals surface area contributed by atoms with Crippen LogP contribution in [0.25, 0.3) is 22.5 Å². The SMILES string of the molecule is COc1ccc(N(Cc2ccnc(-c3cc(OC)c(OC(C)C)c(OC)c3)c2)C2CCN(Cc3ccnc(-c4cc(OC)c(OC(C)C)c(OC)c4)c3)CC2)cc1.Cl.Cl.Cl. The molecule has 14 heteroatoms. The van der Waals surface area contributed by atoms with Crippen molar-refractivity contribution in [3.63, 3.8) is 0 Å². The van der Waals surface area contributed by atoms with E-state index in [0.29, 0.717) is 40.5 Å². The van der Waals surface area contributed by atoms with Crippen molar-refractivity contribution in [1.82, 2.24) is 14.9 Å². The van der Waals surface area contributed by atoms with E-state index in [1.54, 1.807) is 35.5 Å². The first-order valence-corrected chi connectivity index (χ1v) is 19.5. The normalized spacial score (nSPS) is 12.7. The number of anilines is 1. The summed E-state index contributed by atoms with van der Waals surface area (Å²) < 4.78 is 40.4. The average molecular weight is 886 g/mol. The third kappa shape index (κ3) is 12.2. The third-order valence-electron chi connectivity index (χ3n) is 10.0. The van der Waals surface area contributed by atoms with Crippen molar-refractivity contribution >= 4 is 42.9 Å². The first-order chi connectivity index (χ1) is 27.6. The monoisotopic (exact) mass is 884 g/mol. The Bertz CT molecular complexity index is 2050. The van der Waals surface area contributed by atoms with E-state index in [9.17, 15) is 0 Å². The largest absolute Gasteiger partial charge is 0.497 e. The summed E-state index contributed by atoms with van der Waals surface area (Å²) in [4.78, 5) is 14.5. The number of likely N-dealkylation sites (tertiary alicyclic amines) is 1. The second-order valence-corrected chi connectivity index (χ2v) is 14.7. The van der Waals surface area contributed by atoms with Crippen molar-refractivity contribution in [3.05, 3.63) is 96.3 Å². The highest BCUT2D eigenvalue weighted by Gasteiger charge is 2.26. The van der Waals surface area contributed by atoms with Crippen LogP contribution >= 0.6 is 37.2 Å². The van der Waals surface area contributed by atoms with Crippen molar-refractivity contribution in [3.8, 4) is 62.8 Å². The Morgan fingerprint density at radius 2 is 1.02 bits per heavy atom. The van der Waals surface area contributed by atoms with Gasteiger partial charge < -0.3 is 38.1 Å². The number of nitrogens with zero attached hydrogens (tertiary/aromatic N) is 4. The molecule has 5 aromatic rings. The van der Waals surface area contributed by atoms with E-state index in [1.807, 2.05) is 76.5 Å². The van der Waals surface area contributed by atoms with Crippen molar-refractivity contribution in [2.24, 2.45) is 0 Å². The maximum Gasteiger partial charge on any atom is 0.203 e. The molecule has 0 amide bonds. The Balaban J connectivity index is 0.00000320. The van der Waals surface area contributed by atoms with Crippen LogP contribution in [0.15, 0.2) is 85.2 Å². The Hall–Kier alpha value is -4.81. The molecular formula is C46H59Cl3N4O7. The molecule has 1 aliphatic rings. The van der Waals surface area contributed by atoms with E-state index in [1.165, 1.54) is 5.56 Å². The molecule has 11 nitrogen and oxygen atoms in total. The molecule has 0 N–H and O–H groups in total. The summed E-state index contributed by atoms with van der Waals surface area (Å²) >= 11 is 0. The highest BCUT2D eigenvalue weighted by molar-refractivity contribution is 5.86. The van der Waals surface area contributed by atoms with E-state index in [4.69, 9.17) is 43.1 Å². The second kappa shape index (κ2) is 23.3. The molecule has 0 aliphatic carbocycles. The van der Waals surface area contributed by atoms with Gasteiger partial charge in [0.2, 0.25) is 11.5 Å². The first kappa shape index (κ1) is 49.6. The summed E-state index contributed by atoms with van der Waals surface area (Å²) in [7, 11) is 8.26. The Labute approximate surface area is 373 Å². The zero-order valence-electron chi connectivity index (χ0n) is 35.9. The van der Waals surface area contributed by atoms with Gasteiger partial charge in [0.05, 0.1) is 59.1 Å². The van der Waals surface area contributed by atoms with Crippen LogP contribution in [-0.4, -0.2) is 81.8 Å². The smallest absolute Gasteiger partial charge is 0.203 e. The van der Waals surface area contributed by atoms with Gasteiger partial charge >= 0.3 is 0 Å². The molecule has 0 radical (unpaired) electrons. The molecule has 326 valence electrons. The lowest BCUT2D eigenvalue weighted by Gasteiger charge is -2.40. The summed E-state index contributed by atoms with van der Waals surface area (Å²) in [6, 6.07) is 25.1. The van der Waals surface area contributed by atoms with Crippen LogP contribution in [0.4, 0.5) is 5.69 Å². The zero-order chi connectivity index (χ0) is 40.5. The lowest BCUT2D eigenvalue weighted by atomic mass is 10.00. The number of rotatable bonds is 17. The fraction of sp³-hybridized carbons (Fsp3) is 0.391. The number of hydrogen-bond acceptors (Lipinski definition) is 11. The number of hydrogen-bond donors (Lipinski definition) is 0. The summed E-state index contributed by atoms with van der Waals surface area (Å²) in [6.07, 6.45) is 5.72. The van der Waals surface area contributed by atoms with E-state index in [2.05, 4.69) is 46.2 Å². The molecule has 2 aromatic heterocycles. The van der Waals surface area contributed by atoms with Crippen LogP contribution in [0.5, 0.6) is 40.2 Å². The van der Waals surface area contributed by atoms with Crippen LogP contribution in [0.2, 0.25) is 0 Å². The number of aromatic nitrogens is 2. The summed E-state index contributed by atoms with van der Waals surface area (Å²) in [5.74, 6) is 4.44. The predicted molar refractivity (Wildman–Crippen MR) is 246 cm³/mol. The molecule has 0 unspecified atom stereocenters. The van der Waals surface area contributed by atoms with Crippen LogP contribution in [-0.2, 0) is 13.1 Å². The van der Waals surface area contributed by atoms with Gasteiger partial charge in [0.15, 0.2) is 23.0 Å². The van der Waals surface area contributed by atoms with Gasteiger partial charge in [0.1, 0.15) is 5.75 Å². The van der Waals surface area contributed by atoms with Crippen molar-refractivity contribution in [1.29, 1.82) is 0 Å². The van der Waals surface area contributed by atoms with Gasteiger partial charge in [0, 0.05) is 61.4 Å². The maximum absolute atomic E-state index is 6.05. The van der Waals surface area contributed by atoms with Crippen LogP contribution in [0.1, 0.15) is 51.7 Å². The van der Waals surface area contributed by atoms with Gasteiger partial charge in [-0.15, -0.1) is 37.2 Å². The van der Waals surface area contributed by atoms with Crippen LogP contribution in [0, 0.1) is 0 Å². The highest BCUT2D eigenvalue weighted by Crippen LogP contribution is 2.43. The average Bonchev–Trinajstić information content (AvgIpc) is 3.23. The standard InChI is InChI=1S/C46H56N4O7.3ClH/c1-30(2)56-45-41(52-6)24-34(25-42(45)53-7)39-22-32(14-18-47-39)28-49-20-16-37(17-21-49)50(36-10-12-38(51-5)13-11-36)29-33-15-19-48-40(23-33)35-26-43(54-8)46(57-31(3)4)44(27-35)55-9;;;/h10-15,18-19,22-27,30-31,37H,16-17,20-21,28-29H2,1-9H3;3*1H. The highest BCUT2D eigenvalue weighted by atomic mass is 35.5. The zero-order valence-corrected chi connectivity index (χ0v) is 38.4. The van der Waals surface area contributed by atoms with E-state index in [-0.39, 0.29) is 49.4 Å². The molecule has 0 bridgehead atoms. The first-order valence-electron chi connectivity index (χ1n) is 19.5. The van der Waals surface area contributed by atoms with Gasteiger partial charge in [-0.25, -0.2) is 0 Å².